The third kappa shape index (κ3) is 4.06. The zero-order chi connectivity index (χ0) is 17.9. The Hall–Kier alpha value is -2.23. The average Bonchev–Trinajstić information content (AvgIpc) is 3.02. The van der Waals surface area contributed by atoms with Gasteiger partial charge in [-0.25, -0.2) is 0 Å². The van der Waals surface area contributed by atoms with E-state index >= 15 is 0 Å². The number of hydrogen-bond donors (Lipinski definition) is 1. The van der Waals surface area contributed by atoms with E-state index in [1.54, 1.807) is 24.3 Å². The minimum Gasteiger partial charge on any atom is -0.493 e. The van der Waals surface area contributed by atoms with Crippen LogP contribution in [0.3, 0.4) is 0 Å². The van der Waals surface area contributed by atoms with Crippen molar-refractivity contribution in [3.63, 3.8) is 0 Å². The molecule has 0 aliphatic rings. The molecule has 3 aromatic rings. The van der Waals surface area contributed by atoms with E-state index in [4.69, 9.17) is 14.0 Å². The highest BCUT2D eigenvalue weighted by molar-refractivity contribution is 7.87. The average molecular weight is 380 g/mol. The van der Waals surface area contributed by atoms with Gasteiger partial charge in [-0.3, -0.25) is 0 Å². The molecule has 132 valence electrons. The van der Waals surface area contributed by atoms with Crippen LogP contribution >= 0.6 is 11.7 Å². The van der Waals surface area contributed by atoms with Gasteiger partial charge in [0.1, 0.15) is 27.4 Å². The fourth-order valence-corrected chi connectivity index (χ4v) is 3.93. The fourth-order valence-electron chi connectivity index (χ4n) is 2.25. The fraction of sp³-hybridized carbons (Fsp3) is 0.250. The first kappa shape index (κ1) is 17.6. The Labute approximate surface area is 149 Å². The second kappa shape index (κ2) is 7.34. The minimum atomic E-state index is -4.06. The molecule has 9 heteroatoms. The van der Waals surface area contributed by atoms with Crippen molar-refractivity contribution in [3.05, 3.63) is 42.0 Å². The van der Waals surface area contributed by atoms with Crippen molar-refractivity contribution < 1.29 is 22.4 Å². The monoisotopic (exact) mass is 380 g/mol. The summed E-state index contributed by atoms with van der Waals surface area (Å²) < 4.78 is 44.1. The Morgan fingerprint density at radius 1 is 1.16 bits per heavy atom. The molecule has 25 heavy (non-hydrogen) atoms. The number of rotatable bonds is 7. The first-order valence-electron chi connectivity index (χ1n) is 7.51. The van der Waals surface area contributed by atoms with E-state index in [1.807, 2.05) is 6.92 Å². The first-order chi connectivity index (χ1) is 12.0. The summed E-state index contributed by atoms with van der Waals surface area (Å²) in [5.74, 6) is 0.631. The number of ether oxygens (including phenoxy) is 1. The molecule has 0 bridgehead atoms. The van der Waals surface area contributed by atoms with E-state index in [1.165, 1.54) is 12.1 Å². The van der Waals surface area contributed by atoms with E-state index in [0.717, 1.165) is 17.3 Å². The van der Waals surface area contributed by atoms with Crippen molar-refractivity contribution in [3.8, 4) is 11.5 Å². The number of benzene rings is 2. The standard InChI is InChI=1S/C16H16N2O5S2/c1-11-8-12(22-7-3-6-19)10-13(9-11)23-25(20,21)15-5-2-4-14-16(15)18-24-17-14/h2,4-5,8-10,19H,3,6-7H2,1H3. The zero-order valence-electron chi connectivity index (χ0n) is 13.4. The van der Waals surface area contributed by atoms with Gasteiger partial charge in [-0.1, -0.05) is 6.07 Å². The molecule has 0 aliphatic heterocycles. The number of hydrogen-bond acceptors (Lipinski definition) is 8. The van der Waals surface area contributed by atoms with Crippen molar-refractivity contribution in [1.29, 1.82) is 0 Å². The number of fused-ring (bicyclic) bond motifs is 1. The van der Waals surface area contributed by atoms with Crippen molar-refractivity contribution in [2.24, 2.45) is 0 Å². The number of aromatic nitrogens is 2. The SMILES string of the molecule is Cc1cc(OCCCO)cc(OS(=O)(=O)c2cccc3nsnc23)c1. The van der Waals surface area contributed by atoms with E-state index in [9.17, 15) is 8.42 Å². The summed E-state index contributed by atoms with van der Waals surface area (Å²) in [7, 11) is -4.06. The van der Waals surface area contributed by atoms with Gasteiger partial charge < -0.3 is 14.0 Å². The Morgan fingerprint density at radius 2 is 1.96 bits per heavy atom. The summed E-state index contributed by atoms with van der Waals surface area (Å²) in [4.78, 5) is -0.0250. The van der Waals surface area contributed by atoms with Gasteiger partial charge in [0.15, 0.2) is 0 Å². The summed E-state index contributed by atoms with van der Waals surface area (Å²) in [6.45, 7) is 2.16. The molecule has 0 fully saturated rings. The number of aryl methyl sites for hydroxylation is 1. The second-order valence-corrected chi connectivity index (χ2v) is 7.38. The van der Waals surface area contributed by atoms with Crippen LogP contribution in [0.1, 0.15) is 12.0 Å². The lowest BCUT2D eigenvalue weighted by molar-refractivity contribution is 0.233. The number of aliphatic hydroxyl groups is 1. The van der Waals surface area contributed by atoms with Gasteiger partial charge in [0.2, 0.25) is 0 Å². The summed E-state index contributed by atoms with van der Waals surface area (Å²) in [5.41, 5.74) is 1.59. The molecule has 0 radical (unpaired) electrons. The van der Waals surface area contributed by atoms with Gasteiger partial charge in [-0.05, 0) is 36.8 Å². The lowest BCUT2D eigenvalue weighted by Gasteiger charge is -2.11. The van der Waals surface area contributed by atoms with Crippen LogP contribution in [0.4, 0.5) is 0 Å². The van der Waals surface area contributed by atoms with Crippen LogP contribution in [0.2, 0.25) is 0 Å². The number of aliphatic hydroxyl groups excluding tert-OH is 1. The van der Waals surface area contributed by atoms with Gasteiger partial charge in [-0.2, -0.15) is 17.2 Å². The molecule has 0 atom stereocenters. The lowest BCUT2D eigenvalue weighted by Crippen LogP contribution is -2.10. The van der Waals surface area contributed by atoms with Crippen LogP contribution in [0.5, 0.6) is 11.5 Å². The second-order valence-electron chi connectivity index (χ2n) is 5.33. The van der Waals surface area contributed by atoms with Gasteiger partial charge in [0.25, 0.3) is 0 Å². The Bertz CT molecular complexity index is 985. The van der Waals surface area contributed by atoms with Crippen LogP contribution in [-0.2, 0) is 10.1 Å². The predicted octanol–water partition coefficient (Wildman–Crippen LogP) is 2.53. The molecule has 1 aromatic heterocycles. The van der Waals surface area contributed by atoms with Gasteiger partial charge in [0.05, 0.1) is 18.3 Å². The Kier molecular flexibility index (Phi) is 5.16. The first-order valence-corrected chi connectivity index (χ1v) is 9.64. The summed E-state index contributed by atoms with van der Waals surface area (Å²) in [5, 5.41) is 8.81. The minimum absolute atomic E-state index is 0.0231. The van der Waals surface area contributed by atoms with E-state index < -0.39 is 10.1 Å². The van der Waals surface area contributed by atoms with Crippen molar-refractivity contribution in [1.82, 2.24) is 8.75 Å². The molecule has 7 nitrogen and oxygen atoms in total. The van der Waals surface area contributed by atoms with Gasteiger partial charge in [0, 0.05) is 19.1 Å². The quantitative estimate of drug-likeness (QED) is 0.497. The molecular weight excluding hydrogens is 364 g/mol. The molecule has 0 aliphatic carbocycles. The van der Waals surface area contributed by atoms with Crippen molar-refractivity contribution in [2.75, 3.05) is 13.2 Å². The summed E-state index contributed by atoms with van der Waals surface area (Å²) in [6, 6.07) is 9.60. The van der Waals surface area contributed by atoms with Crippen molar-refractivity contribution in [2.45, 2.75) is 18.2 Å². The zero-order valence-corrected chi connectivity index (χ0v) is 15.0. The van der Waals surface area contributed by atoms with Crippen LogP contribution in [-0.4, -0.2) is 35.5 Å². The highest BCUT2D eigenvalue weighted by Gasteiger charge is 2.22. The van der Waals surface area contributed by atoms with E-state index in [-0.39, 0.29) is 17.3 Å². The molecule has 1 N–H and O–H groups in total. The van der Waals surface area contributed by atoms with Gasteiger partial charge >= 0.3 is 10.1 Å². The molecule has 3 rings (SSSR count). The maximum atomic E-state index is 12.6. The Morgan fingerprint density at radius 3 is 2.76 bits per heavy atom. The highest BCUT2D eigenvalue weighted by atomic mass is 32.2. The maximum Gasteiger partial charge on any atom is 0.341 e. The van der Waals surface area contributed by atoms with Gasteiger partial charge in [-0.15, -0.1) is 0 Å². The molecule has 0 amide bonds. The van der Waals surface area contributed by atoms with E-state index in [0.29, 0.717) is 29.8 Å². The van der Waals surface area contributed by atoms with Crippen LogP contribution < -0.4 is 8.92 Å². The summed E-state index contributed by atoms with van der Waals surface area (Å²) >= 11 is 0.945. The largest absolute Gasteiger partial charge is 0.493 e. The molecule has 0 unspecified atom stereocenters. The summed E-state index contributed by atoms with van der Waals surface area (Å²) in [6.07, 6.45) is 0.487. The predicted molar refractivity (Wildman–Crippen MR) is 93.6 cm³/mol. The normalized spacial score (nSPS) is 11.6. The third-order valence-electron chi connectivity index (χ3n) is 3.32. The van der Waals surface area contributed by atoms with Crippen molar-refractivity contribution >= 4 is 32.9 Å². The number of nitrogens with zero attached hydrogens (tertiary/aromatic N) is 2. The molecule has 2 aromatic carbocycles. The maximum absolute atomic E-state index is 12.6. The molecule has 1 heterocycles. The molecule has 0 saturated heterocycles. The smallest absolute Gasteiger partial charge is 0.341 e. The Balaban J connectivity index is 1.89. The van der Waals surface area contributed by atoms with Crippen LogP contribution in [0.15, 0.2) is 41.3 Å². The van der Waals surface area contributed by atoms with E-state index in [2.05, 4.69) is 8.75 Å². The van der Waals surface area contributed by atoms with Crippen LogP contribution in [0, 0.1) is 6.92 Å². The topological polar surface area (TPSA) is 98.6 Å². The molecule has 0 spiro atoms. The van der Waals surface area contributed by atoms with Crippen LogP contribution in [0.25, 0.3) is 11.0 Å². The molecule has 0 saturated carbocycles. The third-order valence-corrected chi connectivity index (χ3v) is 5.14. The lowest BCUT2D eigenvalue weighted by atomic mass is 10.2. The highest BCUT2D eigenvalue weighted by Crippen LogP contribution is 2.28. The molecular formula is C16H16N2O5S2.